The number of rotatable bonds is 3. The number of aryl methyl sites for hydroxylation is 2. The first-order valence-electron chi connectivity index (χ1n) is 7.18. The van der Waals surface area contributed by atoms with Gasteiger partial charge in [0.2, 0.25) is 0 Å². The molecule has 1 atom stereocenters. The van der Waals surface area contributed by atoms with E-state index < -0.39 is 0 Å². The first-order chi connectivity index (χ1) is 10.1. The molecule has 0 fully saturated rings. The molecule has 0 bridgehead atoms. The molecule has 1 aromatic carbocycles. The Morgan fingerprint density at radius 3 is 3.19 bits per heavy atom. The summed E-state index contributed by atoms with van der Waals surface area (Å²) in [7, 11) is 0. The van der Waals surface area contributed by atoms with Gasteiger partial charge in [-0.25, -0.2) is 9.37 Å². The lowest BCUT2D eigenvalue weighted by Crippen LogP contribution is -2.33. The fourth-order valence-corrected chi connectivity index (χ4v) is 2.73. The molecule has 0 saturated carbocycles. The predicted octanol–water partition coefficient (Wildman–Crippen LogP) is 2.32. The molecule has 0 saturated heterocycles. The molecule has 2 heterocycles. The summed E-state index contributed by atoms with van der Waals surface area (Å²) >= 11 is 0. The van der Waals surface area contributed by atoms with Crippen molar-refractivity contribution in [1.29, 1.82) is 0 Å². The molecule has 4 nitrogen and oxygen atoms in total. The Morgan fingerprint density at radius 1 is 1.52 bits per heavy atom. The number of nitrogens with zero attached hydrogens (tertiary/aromatic N) is 2. The van der Waals surface area contributed by atoms with Gasteiger partial charge in [0.15, 0.2) is 0 Å². The Balaban J connectivity index is 1.58. The summed E-state index contributed by atoms with van der Waals surface area (Å²) < 4.78 is 15.3. The number of hydrogen-bond donors (Lipinski definition) is 1. The molecule has 110 valence electrons. The monoisotopic (exact) mass is 287 g/mol. The van der Waals surface area contributed by atoms with Gasteiger partial charge in [-0.3, -0.25) is 4.79 Å². The number of carbonyl (C=O) groups is 1. The molecule has 1 aromatic heterocycles. The topological polar surface area (TPSA) is 46.9 Å². The molecule has 21 heavy (non-hydrogen) atoms. The first-order valence-corrected chi connectivity index (χ1v) is 7.18. The van der Waals surface area contributed by atoms with Gasteiger partial charge >= 0.3 is 0 Å². The second kappa shape index (κ2) is 5.68. The summed E-state index contributed by atoms with van der Waals surface area (Å²) in [6.45, 7) is 3.18. The number of hydrogen-bond acceptors (Lipinski definition) is 2. The maximum absolute atomic E-state index is 13.2. The molecule has 1 aliphatic rings. The molecule has 0 spiro atoms. The normalized spacial score (nSPS) is 17.3. The number of amides is 1. The van der Waals surface area contributed by atoms with Gasteiger partial charge in [0.05, 0.1) is 0 Å². The van der Waals surface area contributed by atoms with Crippen molar-refractivity contribution in [2.75, 3.05) is 6.54 Å². The summed E-state index contributed by atoms with van der Waals surface area (Å²) in [6, 6.07) is 4.44. The molecular formula is C16H18FN3O. The zero-order valence-electron chi connectivity index (χ0n) is 12.0. The lowest BCUT2D eigenvalue weighted by molar-refractivity contribution is 0.0943. The molecule has 1 aliphatic heterocycles. The van der Waals surface area contributed by atoms with Gasteiger partial charge in [-0.05, 0) is 43.0 Å². The van der Waals surface area contributed by atoms with Crippen molar-refractivity contribution >= 4 is 5.91 Å². The second-order valence-corrected chi connectivity index (χ2v) is 5.57. The highest BCUT2D eigenvalue weighted by Crippen LogP contribution is 2.18. The van der Waals surface area contributed by atoms with E-state index in [-0.39, 0.29) is 11.7 Å². The van der Waals surface area contributed by atoms with Crippen LogP contribution in [0, 0.1) is 18.7 Å². The highest BCUT2D eigenvalue weighted by atomic mass is 19.1. The SMILES string of the molecule is Cc1cc(C(=O)NCC2CCc3nccn3C2)ccc1F. The van der Waals surface area contributed by atoms with Gasteiger partial charge < -0.3 is 9.88 Å². The largest absolute Gasteiger partial charge is 0.352 e. The Morgan fingerprint density at radius 2 is 2.38 bits per heavy atom. The summed E-state index contributed by atoms with van der Waals surface area (Å²) in [5.74, 6) is 1.10. The minimum atomic E-state index is -0.286. The summed E-state index contributed by atoms with van der Waals surface area (Å²) in [4.78, 5) is 16.4. The molecular weight excluding hydrogens is 269 g/mol. The van der Waals surface area contributed by atoms with E-state index in [1.165, 1.54) is 12.1 Å². The predicted molar refractivity (Wildman–Crippen MR) is 77.5 cm³/mol. The number of imidazole rings is 1. The van der Waals surface area contributed by atoms with Crippen molar-refractivity contribution < 1.29 is 9.18 Å². The molecule has 0 aliphatic carbocycles. The summed E-state index contributed by atoms with van der Waals surface area (Å²) in [5.41, 5.74) is 0.997. The molecule has 3 rings (SSSR count). The number of fused-ring (bicyclic) bond motifs is 1. The van der Waals surface area contributed by atoms with Crippen molar-refractivity contribution in [2.24, 2.45) is 5.92 Å². The van der Waals surface area contributed by atoms with Crippen LogP contribution in [0.25, 0.3) is 0 Å². The van der Waals surface area contributed by atoms with Crippen molar-refractivity contribution in [1.82, 2.24) is 14.9 Å². The van der Waals surface area contributed by atoms with E-state index in [9.17, 15) is 9.18 Å². The second-order valence-electron chi connectivity index (χ2n) is 5.57. The van der Waals surface area contributed by atoms with Crippen molar-refractivity contribution in [2.45, 2.75) is 26.3 Å². The number of nitrogens with one attached hydrogen (secondary N) is 1. The van der Waals surface area contributed by atoms with Crippen LogP contribution in [0.15, 0.2) is 30.6 Å². The van der Waals surface area contributed by atoms with E-state index in [2.05, 4.69) is 14.9 Å². The van der Waals surface area contributed by atoms with Crippen molar-refractivity contribution in [3.63, 3.8) is 0 Å². The van der Waals surface area contributed by atoms with Crippen LogP contribution in [-0.2, 0) is 13.0 Å². The van der Waals surface area contributed by atoms with Crippen LogP contribution in [0.1, 0.15) is 28.2 Å². The average Bonchev–Trinajstić information content (AvgIpc) is 2.95. The summed E-state index contributed by atoms with van der Waals surface area (Å²) in [6.07, 6.45) is 5.77. The molecule has 1 amide bonds. The number of carbonyl (C=O) groups excluding carboxylic acids is 1. The highest BCUT2D eigenvalue weighted by molar-refractivity contribution is 5.94. The van der Waals surface area contributed by atoms with Crippen LogP contribution < -0.4 is 5.32 Å². The van der Waals surface area contributed by atoms with Crippen LogP contribution in [0.2, 0.25) is 0 Å². The van der Waals surface area contributed by atoms with E-state index in [0.29, 0.717) is 23.6 Å². The van der Waals surface area contributed by atoms with Crippen LogP contribution in [0.5, 0.6) is 0 Å². The Hall–Kier alpha value is -2.17. The maximum Gasteiger partial charge on any atom is 0.251 e. The minimum absolute atomic E-state index is 0.144. The molecule has 1 N–H and O–H groups in total. The van der Waals surface area contributed by atoms with E-state index in [1.54, 1.807) is 13.0 Å². The van der Waals surface area contributed by atoms with E-state index in [1.807, 2.05) is 12.4 Å². The molecule has 0 radical (unpaired) electrons. The van der Waals surface area contributed by atoms with Gasteiger partial charge in [0.1, 0.15) is 11.6 Å². The fraction of sp³-hybridized carbons (Fsp3) is 0.375. The average molecular weight is 287 g/mol. The smallest absolute Gasteiger partial charge is 0.251 e. The lowest BCUT2D eigenvalue weighted by Gasteiger charge is -2.24. The van der Waals surface area contributed by atoms with E-state index in [0.717, 1.165) is 25.2 Å². The van der Waals surface area contributed by atoms with Crippen LogP contribution in [0.4, 0.5) is 4.39 Å². The fourth-order valence-electron chi connectivity index (χ4n) is 2.73. The summed E-state index contributed by atoms with van der Waals surface area (Å²) in [5, 5.41) is 2.94. The third-order valence-electron chi connectivity index (χ3n) is 4.00. The zero-order valence-corrected chi connectivity index (χ0v) is 12.0. The standard InChI is InChI=1S/C16H18FN3O/c1-11-8-13(3-4-14(11)17)16(21)19-9-12-2-5-15-18-6-7-20(15)10-12/h3-4,6-8,12H,2,5,9-10H2,1H3,(H,19,21). The third kappa shape index (κ3) is 2.96. The van der Waals surface area contributed by atoms with Gasteiger partial charge in [0.25, 0.3) is 5.91 Å². The minimum Gasteiger partial charge on any atom is -0.352 e. The van der Waals surface area contributed by atoms with Gasteiger partial charge in [0, 0.05) is 37.5 Å². The van der Waals surface area contributed by atoms with Crippen molar-refractivity contribution in [3.8, 4) is 0 Å². The molecule has 2 aromatic rings. The van der Waals surface area contributed by atoms with Crippen molar-refractivity contribution in [3.05, 3.63) is 53.4 Å². The third-order valence-corrected chi connectivity index (χ3v) is 4.00. The maximum atomic E-state index is 13.2. The van der Waals surface area contributed by atoms with Crippen LogP contribution >= 0.6 is 0 Å². The zero-order chi connectivity index (χ0) is 14.8. The Bertz CT molecular complexity index is 665. The van der Waals surface area contributed by atoms with Crippen LogP contribution in [-0.4, -0.2) is 22.0 Å². The number of aromatic nitrogens is 2. The Labute approximate surface area is 123 Å². The highest BCUT2D eigenvalue weighted by Gasteiger charge is 2.19. The van der Waals surface area contributed by atoms with E-state index in [4.69, 9.17) is 0 Å². The molecule has 1 unspecified atom stereocenters. The number of halogens is 1. The van der Waals surface area contributed by atoms with Gasteiger partial charge in [-0.15, -0.1) is 0 Å². The van der Waals surface area contributed by atoms with Crippen LogP contribution in [0.3, 0.4) is 0 Å². The van der Waals surface area contributed by atoms with Gasteiger partial charge in [-0.2, -0.15) is 0 Å². The quantitative estimate of drug-likeness (QED) is 0.941. The van der Waals surface area contributed by atoms with E-state index >= 15 is 0 Å². The Kier molecular flexibility index (Phi) is 3.73. The first kappa shape index (κ1) is 13.8. The van der Waals surface area contributed by atoms with Gasteiger partial charge in [-0.1, -0.05) is 0 Å². The number of benzene rings is 1. The lowest BCUT2D eigenvalue weighted by atomic mass is 9.99. The molecule has 5 heteroatoms.